The van der Waals surface area contributed by atoms with Crippen molar-refractivity contribution in [2.24, 2.45) is 5.92 Å². The molecular formula is C56H108O6. The lowest BCUT2D eigenvalue weighted by Crippen LogP contribution is -2.30. The summed E-state index contributed by atoms with van der Waals surface area (Å²) in [7, 11) is 0. The van der Waals surface area contributed by atoms with Crippen LogP contribution in [0.5, 0.6) is 0 Å². The summed E-state index contributed by atoms with van der Waals surface area (Å²) in [5.74, 6) is -0.00589. The SMILES string of the molecule is CCCCCCCCCCCCCCCCCCCCC(=O)OC[C@H](COC(=O)CCCCCCCCCCCCCCC(C)C)OC(=O)CCCCCCCCCCCCC. The zero-order valence-electron chi connectivity index (χ0n) is 42.3. The third-order valence-electron chi connectivity index (χ3n) is 12.8. The van der Waals surface area contributed by atoms with Gasteiger partial charge in [0.1, 0.15) is 13.2 Å². The summed E-state index contributed by atoms with van der Waals surface area (Å²) in [5.41, 5.74) is 0. The van der Waals surface area contributed by atoms with E-state index in [0.29, 0.717) is 19.3 Å². The fourth-order valence-electron chi connectivity index (χ4n) is 8.57. The van der Waals surface area contributed by atoms with Gasteiger partial charge in [-0.25, -0.2) is 0 Å². The Bertz CT molecular complexity index is 933. The summed E-state index contributed by atoms with van der Waals surface area (Å²) >= 11 is 0. The van der Waals surface area contributed by atoms with Crippen molar-refractivity contribution in [2.45, 2.75) is 323 Å². The maximum atomic E-state index is 12.8. The number of carbonyl (C=O) groups excluding carboxylic acids is 3. The molecule has 0 unspecified atom stereocenters. The van der Waals surface area contributed by atoms with E-state index >= 15 is 0 Å². The van der Waals surface area contributed by atoms with Gasteiger partial charge in [-0.3, -0.25) is 14.4 Å². The molecule has 0 saturated heterocycles. The Morgan fingerprint density at radius 2 is 0.532 bits per heavy atom. The number of hydrogen-bond donors (Lipinski definition) is 0. The van der Waals surface area contributed by atoms with Crippen LogP contribution in [0.15, 0.2) is 0 Å². The number of esters is 3. The highest BCUT2D eigenvalue weighted by Gasteiger charge is 2.19. The first-order valence-electron chi connectivity index (χ1n) is 27.9. The molecule has 0 radical (unpaired) electrons. The lowest BCUT2D eigenvalue weighted by molar-refractivity contribution is -0.167. The van der Waals surface area contributed by atoms with Crippen LogP contribution >= 0.6 is 0 Å². The maximum absolute atomic E-state index is 12.8. The summed E-state index contributed by atoms with van der Waals surface area (Å²) in [6.45, 7) is 9.04. The number of ether oxygens (including phenoxy) is 3. The third kappa shape index (κ3) is 49.4. The Balaban J connectivity index is 4.25. The average Bonchev–Trinajstić information content (AvgIpc) is 3.26. The van der Waals surface area contributed by atoms with E-state index in [0.717, 1.165) is 63.7 Å². The molecule has 0 N–H and O–H groups in total. The molecule has 0 aromatic heterocycles. The smallest absolute Gasteiger partial charge is 0.306 e. The van der Waals surface area contributed by atoms with E-state index in [9.17, 15) is 14.4 Å². The van der Waals surface area contributed by atoms with Crippen LogP contribution in [0.2, 0.25) is 0 Å². The van der Waals surface area contributed by atoms with Crippen molar-refractivity contribution in [3.8, 4) is 0 Å². The monoisotopic (exact) mass is 877 g/mol. The first kappa shape index (κ1) is 60.4. The Hall–Kier alpha value is -1.59. The molecule has 0 amide bonds. The van der Waals surface area contributed by atoms with Gasteiger partial charge in [0.2, 0.25) is 0 Å². The molecule has 0 fully saturated rings. The van der Waals surface area contributed by atoms with Crippen LogP contribution in [-0.4, -0.2) is 37.2 Å². The first-order valence-corrected chi connectivity index (χ1v) is 27.9. The minimum absolute atomic E-state index is 0.0622. The van der Waals surface area contributed by atoms with E-state index < -0.39 is 6.10 Å². The molecule has 6 heteroatoms. The van der Waals surface area contributed by atoms with Crippen LogP contribution < -0.4 is 0 Å². The van der Waals surface area contributed by atoms with Gasteiger partial charge in [0.05, 0.1) is 0 Å². The van der Waals surface area contributed by atoms with Crippen LogP contribution in [-0.2, 0) is 28.6 Å². The van der Waals surface area contributed by atoms with Gasteiger partial charge in [-0.15, -0.1) is 0 Å². The minimum Gasteiger partial charge on any atom is -0.462 e. The molecule has 0 heterocycles. The zero-order valence-corrected chi connectivity index (χ0v) is 42.3. The van der Waals surface area contributed by atoms with Crippen molar-refractivity contribution in [3.63, 3.8) is 0 Å². The molecule has 0 aromatic carbocycles. The molecule has 0 saturated carbocycles. The van der Waals surface area contributed by atoms with Crippen molar-refractivity contribution < 1.29 is 28.6 Å². The van der Waals surface area contributed by atoms with Crippen molar-refractivity contribution in [1.29, 1.82) is 0 Å². The van der Waals surface area contributed by atoms with E-state index in [2.05, 4.69) is 27.7 Å². The van der Waals surface area contributed by atoms with Gasteiger partial charge >= 0.3 is 17.9 Å². The summed E-state index contributed by atoms with van der Waals surface area (Å²) in [5, 5.41) is 0. The quantitative estimate of drug-likeness (QED) is 0.0344. The summed E-state index contributed by atoms with van der Waals surface area (Å²) in [6.07, 6.45) is 53.8. The minimum atomic E-state index is -0.761. The van der Waals surface area contributed by atoms with Crippen molar-refractivity contribution in [2.75, 3.05) is 13.2 Å². The molecule has 0 aliphatic heterocycles. The molecule has 1 atom stereocenters. The summed E-state index contributed by atoms with van der Waals surface area (Å²) in [4.78, 5) is 38.0. The molecule has 368 valence electrons. The second-order valence-electron chi connectivity index (χ2n) is 19.7. The Morgan fingerprint density at radius 1 is 0.306 bits per heavy atom. The van der Waals surface area contributed by atoms with Crippen molar-refractivity contribution >= 4 is 17.9 Å². The highest BCUT2D eigenvalue weighted by Crippen LogP contribution is 2.18. The number of rotatable bonds is 51. The van der Waals surface area contributed by atoms with E-state index in [1.807, 2.05) is 0 Å². The second-order valence-corrected chi connectivity index (χ2v) is 19.7. The van der Waals surface area contributed by atoms with E-state index in [4.69, 9.17) is 14.2 Å². The average molecular weight is 877 g/mol. The number of unbranched alkanes of at least 4 members (excludes halogenated alkanes) is 38. The summed E-state index contributed by atoms with van der Waals surface area (Å²) < 4.78 is 16.8. The van der Waals surface area contributed by atoms with Crippen molar-refractivity contribution in [1.82, 2.24) is 0 Å². The van der Waals surface area contributed by atoms with Gasteiger partial charge in [0, 0.05) is 19.3 Å². The molecule has 0 bridgehead atoms. The molecule has 62 heavy (non-hydrogen) atoms. The van der Waals surface area contributed by atoms with Gasteiger partial charge < -0.3 is 14.2 Å². The zero-order chi connectivity index (χ0) is 45.2. The predicted octanol–water partition coefficient (Wildman–Crippen LogP) is 18.2. The normalized spacial score (nSPS) is 12.0. The van der Waals surface area contributed by atoms with E-state index in [-0.39, 0.29) is 31.1 Å². The Morgan fingerprint density at radius 3 is 0.790 bits per heavy atom. The second kappa shape index (κ2) is 50.4. The van der Waals surface area contributed by atoms with E-state index in [1.165, 1.54) is 212 Å². The van der Waals surface area contributed by atoms with E-state index in [1.54, 1.807) is 0 Å². The first-order chi connectivity index (χ1) is 30.4. The Kier molecular flexibility index (Phi) is 49.1. The Labute approximate surface area is 387 Å². The fourth-order valence-corrected chi connectivity index (χ4v) is 8.57. The van der Waals surface area contributed by atoms with Gasteiger partial charge in [0.25, 0.3) is 0 Å². The highest BCUT2D eigenvalue weighted by molar-refractivity contribution is 5.71. The van der Waals surface area contributed by atoms with Gasteiger partial charge in [-0.05, 0) is 25.2 Å². The van der Waals surface area contributed by atoms with Crippen LogP contribution in [0.4, 0.5) is 0 Å². The van der Waals surface area contributed by atoms with Crippen molar-refractivity contribution in [3.05, 3.63) is 0 Å². The molecule has 0 spiro atoms. The predicted molar refractivity (Wildman–Crippen MR) is 266 cm³/mol. The van der Waals surface area contributed by atoms with Gasteiger partial charge in [-0.1, -0.05) is 278 Å². The molecule has 0 aliphatic carbocycles. The topological polar surface area (TPSA) is 78.9 Å². The number of hydrogen-bond acceptors (Lipinski definition) is 6. The van der Waals surface area contributed by atoms with Crippen LogP contribution in [0, 0.1) is 5.92 Å². The maximum Gasteiger partial charge on any atom is 0.306 e. The number of carbonyl (C=O) groups is 3. The lowest BCUT2D eigenvalue weighted by Gasteiger charge is -2.18. The molecular weight excluding hydrogens is 769 g/mol. The van der Waals surface area contributed by atoms with Gasteiger partial charge in [0.15, 0.2) is 6.10 Å². The summed E-state index contributed by atoms with van der Waals surface area (Å²) in [6, 6.07) is 0. The molecule has 0 aliphatic rings. The largest absolute Gasteiger partial charge is 0.462 e. The third-order valence-corrected chi connectivity index (χ3v) is 12.8. The fraction of sp³-hybridized carbons (Fsp3) is 0.946. The van der Waals surface area contributed by atoms with Gasteiger partial charge in [-0.2, -0.15) is 0 Å². The molecule has 0 aromatic rings. The highest BCUT2D eigenvalue weighted by atomic mass is 16.6. The van der Waals surface area contributed by atoms with Crippen LogP contribution in [0.3, 0.4) is 0 Å². The lowest BCUT2D eigenvalue weighted by atomic mass is 10.0. The molecule has 6 nitrogen and oxygen atoms in total. The molecule has 0 rings (SSSR count). The van der Waals surface area contributed by atoms with Crippen LogP contribution in [0.1, 0.15) is 317 Å². The van der Waals surface area contributed by atoms with Crippen LogP contribution in [0.25, 0.3) is 0 Å². The standard InChI is InChI=1S/C56H108O6/c1-5-7-9-11-13-15-17-18-19-20-21-22-23-28-31-35-39-43-47-54(57)60-50-53(62-56(59)49-45-41-37-33-26-16-14-12-10-8-6-2)51-61-55(58)48-44-40-36-32-29-25-24-27-30-34-38-42-46-52(3)4/h52-53H,5-51H2,1-4H3/t53-/m1/s1.